The first-order valence-corrected chi connectivity index (χ1v) is 10.2. The Labute approximate surface area is 177 Å². The van der Waals surface area contributed by atoms with E-state index in [1.165, 1.54) is 6.07 Å². The number of aromatic nitrogens is 3. The van der Waals surface area contributed by atoms with Gasteiger partial charge < -0.3 is 30.8 Å². The normalized spacial score (nSPS) is 15.1. The van der Waals surface area contributed by atoms with Gasteiger partial charge in [0.1, 0.15) is 17.2 Å². The zero-order valence-electron chi connectivity index (χ0n) is 17.4. The van der Waals surface area contributed by atoms with Gasteiger partial charge in [-0.15, -0.1) is 0 Å². The van der Waals surface area contributed by atoms with E-state index in [9.17, 15) is 9.18 Å². The molecule has 0 amide bonds. The second kappa shape index (κ2) is 7.28. The number of nitrogens with one attached hydrogen (secondary N) is 3. The molecule has 3 heterocycles. The molecule has 1 aliphatic heterocycles. The molecule has 5 N–H and O–H groups in total. The number of piperazine rings is 1. The monoisotopic (exact) mass is 421 g/mol. The van der Waals surface area contributed by atoms with Crippen LogP contribution in [-0.2, 0) is 0 Å². The zero-order valence-corrected chi connectivity index (χ0v) is 17.4. The predicted octanol–water partition coefficient (Wildman–Crippen LogP) is 2.59. The van der Waals surface area contributed by atoms with Gasteiger partial charge in [-0.1, -0.05) is 6.07 Å². The molecule has 1 aliphatic rings. The highest BCUT2D eigenvalue weighted by molar-refractivity contribution is 6.05. The number of anilines is 3. The quantitative estimate of drug-likeness (QED) is 0.405. The molecule has 2 aromatic carbocycles. The van der Waals surface area contributed by atoms with Crippen molar-refractivity contribution in [1.29, 1.82) is 0 Å². The molecule has 8 nitrogen and oxygen atoms in total. The number of benzene rings is 2. The van der Waals surface area contributed by atoms with Gasteiger partial charge in [-0.05, 0) is 25.2 Å². The van der Waals surface area contributed by atoms with E-state index in [0.29, 0.717) is 39.1 Å². The maximum Gasteiger partial charge on any atom is 0.261 e. The second-order valence-corrected chi connectivity index (χ2v) is 7.92. The molecule has 5 rings (SSSR count). The molecule has 0 saturated carbocycles. The SMILES string of the molecule is CNc1cccc2[nH]c(=O)c(-c3nc4cc(F)c(N5CCN(C)CC5)cc4[nH]3)c(N)c12. The third-order valence-corrected chi connectivity index (χ3v) is 5.98. The molecule has 9 heteroatoms. The molecular formula is C22H24FN7O. The van der Waals surface area contributed by atoms with Gasteiger partial charge in [0, 0.05) is 50.4 Å². The maximum atomic E-state index is 14.9. The lowest BCUT2D eigenvalue weighted by molar-refractivity contribution is 0.312. The van der Waals surface area contributed by atoms with Crippen LogP contribution in [-0.4, -0.2) is 60.1 Å². The van der Waals surface area contributed by atoms with E-state index in [1.807, 2.05) is 17.0 Å². The first kappa shape index (κ1) is 19.4. The summed E-state index contributed by atoms with van der Waals surface area (Å²) in [5.41, 5.74) is 9.73. The minimum Gasteiger partial charge on any atom is -0.397 e. The fraction of sp³-hybridized carbons (Fsp3) is 0.273. The lowest BCUT2D eigenvalue weighted by atomic mass is 10.1. The molecule has 0 radical (unpaired) electrons. The Morgan fingerprint density at radius 2 is 1.90 bits per heavy atom. The summed E-state index contributed by atoms with van der Waals surface area (Å²) in [5, 5.41) is 3.81. The van der Waals surface area contributed by atoms with Gasteiger partial charge >= 0.3 is 0 Å². The molecular weight excluding hydrogens is 397 g/mol. The minimum absolute atomic E-state index is 0.243. The highest BCUT2D eigenvalue weighted by atomic mass is 19.1. The number of hydrogen-bond donors (Lipinski definition) is 4. The van der Waals surface area contributed by atoms with Crippen molar-refractivity contribution in [3.63, 3.8) is 0 Å². The number of imidazole rings is 1. The lowest BCUT2D eigenvalue weighted by Gasteiger charge is -2.34. The number of fused-ring (bicyclic) bond motifs is 2. The van der Waals surface area contributed by atoms with E-state index >= 15 is 0 Å². The van der Waals surface area contributed by atoms with Crippen LogP contribution in [0.25, 0.3) is 33.3 Å². The van der Waals surface area contributed by atoms with Crippen LogP contribution in [0.15, 0.2) is 35.1 Å². The molecule has 31 heavy (non-hydrogen) atoms. The van der Waals surface area contributed by atoms with Gasteiger partial charge in [0.2, 0.25) is 0 Å². The first-order valence-electron chi connectivity index (χ1n) is 10.2. The fourth-order valence-electron chi connectivity index (χ4n) is 4.25. The summed E-state index contributed by atoms with van der Waals surface area (Å²) in [7, 11) is 3.85. The molecule has 0 unspecified atom stereocenters. The van der Waals surface area contributed by atoms with Gasteiger partial charge in [0.25, 0.3) is 5.56 Å². The summed E-state index contributed by atoms with van der Waals surface area (Å²) >= 11 is 0. The van der Waals surface area contributed by atoms with Gasteiger partial charge in [0.15, 0.2) is 0 Å². The number of hydrogen-bond acceptors (Lipinski definition) is 6. The Balaban J connectivity index is 1.64. The lowest BCUT2D eigenvalue weighted by Crippen LogP contribution is -2.44. The van der Waals surface area contributed by atoms with Crippen molar-refractivity contribution in [1.82, 2.24) is 19.9 Å². The Hall–Kier alpha value is -3.59. The molecule has 0 atom stereocenters. The molecule has 0 aliphatic carbocycles. The third kappa shape index (κ3) is 3.17. The van der Waals surface area contributed by atoms with Crippen LogP contribution in [0.2, 0.25) is 0 Å². The molecule has 0 spiro atoms. The van der Waals surface area contributed by atoms with Crippen molar-refractivity contribution in [2.24, 2.45) is 0 Å². The summed E-state index contributed by atoms with van der Waals surface area (Å²) in [6.45, 7) is 3.26. The summed E-state index contributed by atoms with van der Waals surface area (Å²) < 4.78 is 14.9. The average molecular weight is 421 g/mol. The number of nitrogens with two attached hydrogens (primary N) is 1. The second-order valence-electron chi connectivity index (χ2n) is 7.92. The van der Waals surface area contributed by atoms with E-state index in [1.54, 1.807) is 19.2 Å². The standard InChI is InChI=1S/C22H24FN7O/c1-25-13-4-3-5-14-18(13)20(24)19(22(31)28-14)21-26-15-10-12(23)17(11-16(15)27-21)30-8-6-29(2)7-9-30/h3-5,10-11,25H,6-9H2,1-2H3,(H,26,27)(H3,24,28,31). The van der Waals surface area contributed by atoms with Crippen LogP contribution in [0.5, 0.6) is 0 Å². The van der Waals surface area contributed by atoms with Gasteiger partial charge in [-0.3, -0.25) is 4.79 Å². The van der Waals surface area contributed by atoms with Crippen molar-refractivity contribution in [2.75, 3.05) is 56.2 Å². The van der Waals surface area contributed by atoms with Crippen molar-refractivity contribution in [2.45, 2.75) is 0 Å². The zero-order chi connectivity index (χ0) is 21.7. The van der Waals surface area contributed by atoms with Crippen LogP contribution in [0, 0.1) is 5.82 Å². The Kier molecular flexibility index (Phi) is 4.55. The van der Waals surface area contributed by atoms with Gasteiger partial charge in [-0.25, -0.2) is 9.37 Å². The summed E-state index contributed by atoms with van der Waals surface area (Å²) in [4.78, 5) is 27.6. The largest absolute Gasteiger partial charge is 0.397 e. The molecule has 0 bridgehead atoms. The van der Waals surface area contributed by atoms with Crippen LogP contribution in [0.3, 0.4) is 0 Å². The van der Waals surface area contributed by atoms with Crippen molar-refractivity contribution in [3.05, 3.63) is 46.5 Å². The van der Waals surface area contributed by atoms with Gasteiger partial charge in [-0.2, -0.15) is 0 Å². The van der Waals surface area contributed by atoms with E-state index in [-0.39, 0.29) is 16.9 Å². The fourth-order valence-corrected chi connectivity index (χ4v) is 4.25. The maximum absolute atomic E-state index is 14.9. The highest BCUT2D eigenvalue weighted by Crippen LogP contribution is 2.33. The molecule has 4 aromatic rings. The molecule has 1 fully saturated rings. The van der Waals surface area contributed by atoms with Crippen molar-refractivity contribution < 1.29 is 4.39 Å². The summed E-state index contributed by atoms with van der Waals surface area (Å²) in [6, 6.07) is 8.70. The number of rotatable bonds is 3. The molecule has 2 aromatic heterocycles. The number of halogens is 1. The molecule has 1 saturated heterocycles. The van der Waals surface area contributed by atoms with E-state index < -0.39 is 0 Å². The number of nitrogens with zero attached hydrogens (tertiary/aromatic N) is 3. The number of H-pyrrole nitrogens is 2. The van der Waals surface area contributed by atoms with Crippen LogP contribution >= 0.6 is 0 Å². The summed E-state index contributed by atoms with van der Waals surface area (Å²) in [6.07, 6.45) is 0. The van der Waals surface area contributed by atoms with Gasteiger partial charge in [0.05, 0.1) is 27.9 Å². The average Bonchev–Trinajstić information content (AvgIpc) is 3.15. The van der Waals surface area contributed by atoms with Crippen LogP contribution in [0.1, 0.15) is 0 Å². The minimum atomic E-state index is -0.350. The molecule has 160 valence electrons. The number of aromatic amines is 2. The van der Waals surface area contributed by atoms with E-state index in [2.05, 4.69) is 32.2 Å². The highest BCUT2D eigenvalue weighted by Gasteiger charge is 2.21. The summed E-state index contributed by atoms with van der Waals surface area (Å²) in [5.74, 6) is -0.00977. The number of likely N-dealkylation sites (N-methyl/N-ethyl adjacent to an activating group) is 1. The first-order chi connectivity index (χ1) is 15.0. The Bertz CT molecular complexity index is 1350. The van der Waals surface area contributed by atoms with Crippen molar-refractivity contribution in [3.8, 4) is 11.4 Å². The number of nitrogen functional groups attached to an aromatic ring is 1. The third-order valence-electron chi connectivity index (χ3n) is 5.98. The van der Waals surface area contributed by atoms with Crippen LogP contribution < -0.4 is 21.5 Å². The van der Waals surface area contributed by atoms with Crippen LogP contribution in [0.4, 0.5) is 21.5 Å². The topological polar surface area (TPSA) is 106 Å². The number of pyridine rings is 1. The van der Waals surface area contributed by atoms with E-state index in [4.69, 9.17) is 5.73 Å². The predicted molar refractivity (Wildman–Crippen MR) is 123 cm³/mol. The van der Waals surface area contributed by atoms with E-state index in [0.717, 1.165) is 31.9 Å². The smallest absolute Gasteiger partial charge is 0.261 e. The Morgan fingerprint density at radius 3 is 2.65 bits per heavy atom. The Morgan fingerprint density at radius 1 is 1.13 bits per heavy atom. The van der Waals surface area contributed by atoms with Crippen molar-refractivity contribution >= 4 is 39.0 Å².